The Hall–Kier alpha value is -11.1. The number of carbonyl (C=O) groups excluding carboxylic acids is 9. The van der Waals surface area contributed by atoms with Gasteiger partial charge in [0.1, 0.15) is 114 Å². The molecule has 700 valence electrons. The van der Waals surface area contributed by atoms with Crippen molar-refractivity contribution in [2.75, 3.05) is 59.4 Å². The smallest absolute Gasteiger partial charge is 0.325 e. The number of hydrogen-bond donors (Lipinski definition) is 21. The van der Waals surface area contributed by atoms with Crippen LogP contribution in [0.15, 0.2) is 97.1 Å². The summed E-state index contributed by atoms with van der Waals surface area (Å²) in [6.07, 6.45) is -14.1. The lowest BCUT2D eigenvalue weighted by atomic mass is 9.54. The van der Waals surface area contributed by atoms with Gasteiger partial charge in [-0.15, -0.1) is 0 Å². The number of ether oxygens (including phenoxy) is 8. The SMILES string of the molecule is CNCCOc1cc(NC(=O)NC(=O)C[C@@H]2NC(=O)[C@H](NC(=O)[C@@H](CC(C)C)NC)[C@H](O)c3ccc(c(C)c3)Oc3cc4cc(c3O[C@@H]3O[C@H](CO)[C@@H](O)[C@H](O)[C@H]3O[C@H]3C[C@](C)(N)[C@H](O)[C@H](C)O3)Oc3ccc(cc3Cl)[C@@H](O)[C@@H]3NC(=O)[C@H](NC(=O)[C@@H]4NC2=O)c2ccc(O)c(c2)-c2c(C)cc(O)cc2[C@@H](C(=O)NC2C4CC5CC(C4)CC2C5)NC3=O)cc(OCCNC)c1. The maximum atomic E-state index is 16.8. The van der Waals surface area contributed by atoms with Crippen molar-refractivity contribution in [2.24, 2.45) is 35.3 Å². The zero-order valence-electron chi connectivity index (χ0n) is 73.2. The molecule has 11 aliphatic rings. The number of nitrogens with two attached hydrogens (primary N) is 1. The molecule has 6 aromatic carbocycles. The number of phenols is 2. The number of anilines is 1. The Labute approximate surface area is 754 Å². The fraction of sp³-hybridized carbons (Fsp3) is 0.505. The van der Waals surface area contributed by atoms with Crippen LogP contribution < -0.4 is 93.2 Å². The number of aromatic hydroxyl groups is 2. The van der Waals surface area contributed by atoms with Crippen molar-refractivity contribution in [2.45, 2.75) is 208 Å². The molecule has 22 N–H and O–H groups in total. The number of carbonyl (C=O) groups is 9. The molecule has 0 spiro atoms. The minimum atomic E-state index is -2.38. The van der Waals surface area contributed by atoms with Crippen LogP contribution in [0.4, 0.5) is 10.5 Å². The molecule has 0 aromatic heterocycles. The van der Waals surface area contributed by atoms with Gasteiger partial charge in [-0.3, -0.25) is 43.7 Å². The Balaban J connectivity index is 0.955. The highest BCUT2D eigenvalue weighted by atomic mass is 35.5. The van der Waals surface area contributed by atoms with Crippen LogP contribution in [-0.4, -0.2) is 233 Å². The third kappa shape index (κ3) is 21.1. The van der Waals surface area contributed by atoms with Gasteiger partial charge in [0.15, 0.2) is 23.9 Å². The molecule has 2 saturated heterocycles. The standard InChI is InChI=1S/C91H114ClN13O25/c1-39(2)20-58(96-9)82(115)104-73-75(110)46-11-14-61(40(3)21-46)126-63-30-50-31-64(79(63)130-89-80(78(113)77(112)65(38-106)128-89)129-67-37-91(6,93)81(114)42(5)125-67)127-62-15-12-47(29-57(62)92)76(111)74-88(121)103-72(86(119)100-69-48-24-43-23-44(26-48)27-49(69)25-43)56-34-52(107)22-41(4)68(56)55-28-45(10-13-60(55)108)70(84(117)105-74)102-85(118)71(50)101-83(116)59(98-87(73)120)36-66(109)99-90(122)97-51-32-53(123-18-16-94-7)35-54(33-51)124-19-17-95-8/h10-15,21-22,28-35,39,42-44,48-49,58-59,65,67,69-78,80-81,89,94-96,106-108,110-114H,16-20,23-27,36-38,93H2,1-9H3,(H,98,120)(H,100,119)(H,101,116)(H,102,118)(H,103,121)(H,104,115)(H,105,117)(H2,97,99,109,122)/t42-,43?,44?,48?,49?,58+,59-,65+,67-,69?,70+,71+,72-,73+,74-,75+,76+,77+,78-,80+,81+,89-,91-/m0/s1. The van der Waals surface area contributed by atoms with Crippen molar-refractivity contribution in [1.29, 1.82) is 0 Å². The average Bonchev–Trinajstić information content (AvgIpc) is 0.743. The summed E-state index contributed by atoms with van der Waals surface area (Å²) in [4.78, 5) is 140. The number of fused-ring (bicyclic) bond motifs is 15. The van der Waals surface area contributed by atoms with E-state index >= 15 is 28.8 Å². The summed E-state index contributed by atoms with van der Waals surface area (Å²) in [7, 11) is 4.93. The normalized spacial score (nSPS) is 29.6. The van der Waals surface area contributed by atoms with Gasteiger partial charge in [0, 0.05) is 60.5 Å². The number of hydrogen-bond acceptors (Lipinski definition) is 29. The summed E-state index contributed by atoms with van der Waals surface area (Å²) in [5.41, 5.74) is 4.68. The number of likely N-dealkylation sites (N-methyl/N-ethyl adjacent to an activating group) is 3. The van der Waals surface area contributed by atoms with E-state index in [2.05, 4.69) is 63.8 Å². The number of amides is 10. The Bertz CT molecular complexity index is 5200. The van der Waals surface area contributed by atoms with Gasteiger partial charge in [-0.2, -0.15) is 0 Å². The fourth-order valence-corrected chi connectivity index (χ4v) is 19.2. The van der Waals surface area contributed by atoms with Crippen LogP contribution in [0.1, 0.15) is 148 Å². The van der Waals surface area contributed by atoms with Crippen molar-refractivity contribution in [3.8, 4) is 62.9 Å². The van der Waals surface area contributed by atoms with Crippen LogP contribution >= 0.6 is 11.6 Å². The number of imide groups is 1. The Morgan fingerprint density at radius 3 is 1.90 bits per heavy atom. The fourth-order valence-electron chi connectivity index (χ4n) is 19.0. The molecule has 38 nitrogen and oxygen atoms in total. The molecule has 7 heterocycles. The van der Waals surface area contributed by atoms with Gasteiger partial charge in [0.05, 0.1) is 36.3 Å². The number of nitrogens with one attached hydrogen (secondary N) is 12. The molecule has 17 rings (SSSR count). The maximum Gasteiger partial charge on any atom is 0.325 e. The van der Waals surface area contributed by atoms with E-state index in [4.69, 9.17) is 55.2 Å². The van der Waals surface area contributed by atoms with Crippen LogP contribution in [0.3, 0.4) is 0 Å². The van der Waals surface area contributed by atoms with Crippen molar-refractivity contribution < 1.29 is 122 Å². The Kier molecular flexibility index (Phi) is 29.5. The summed E-state index contributed by atoms with van der Waals surface area (Å²) in [5, 5.41) is 128. The average molecular weight is 1830 g/mol. The van der Waals surface area contributed by atoms with Crippen molar-refractivity contribution in [1.82, 2.24) is 58.5 Å². The third-order valence-corrected chi connectivity index (χ3v) is 25.7. The highest BCUT2D eigenvalue weighted by Crippen LogP contribution is 2.55. The largest absolute Gasteiger partial charge is 0.508 e. The molecular formula is C91H114ClN13O25. The van der Waals surface area contributed by atoms with Crippen LogP contribution in [0.25, 0.3) is 11.1 Å². The number of aliphatic hydroxyl groups excluding tert-OH is 6. The van der Waals surface area contributed by atoms with Gasteiger partial charge in [0.25, 0.3) is 0 Å². The molecule has 6 fully saturated rings. The van der Waals surface area contributed by atoms with Gasteiger partial charge in [-0.25, -0.2) is 4.79 Å². The summed E-state index contributed by atoms with van der Waals surface area (Å²) in [6.45, 7) is 10.0. The van der Waals surface area contributed by atoms with Crippen LogP contribution in [0.5, 0.6) is 51.7 Å². The number of benzene rings is 6. The van der Waals surface area contributed by atoms with E-state index in [-0.39, 0.29) is 134 Å². The van der Waals surface area contributed by atoms with Crippen LogP contribution in [0.2, 0.25) is 5.02 Å². The molecule has 10 amide bonds. The number of urea groups is 1. The maximum absolute atomic E-state index is 16.8. The molecule has 4 aliphatic carbocycles. The lowest BCUT2D eigenvalue weighted by Gasteiger charge is -2.54. The van der Waals surface area contributed by atoms with E-state index in [1.807, 2.05) is 13.8 Å². The minimum Gasteiger partial charge on any atom is -0.508 e. The van der Waals surface area contributed by atoms with Gasteiger partial charge >= 0.3 is 6.03 Å². The number of aliphatic hydroxyl groups is 6. The molecule has 0 unspecified atom stereocenters. The molecular weight excluding hydrogens is 1710 g/mol. The van der Waals surface area contributed by atoms with Gasteiger partial charge in [0.2, 0.25) is 59.3 Å². The van der Waals surface area contributed by atoms with E-state index in [0.717, 1.165) is 44.2 Å². The summed E-state index contributed by atoms with van der Waals surface area (Å²) < 4.78 is 51.4. The Morgan fingerprint density at radius 1 is 0.654 bits per heavy atom. The first-order valence-corrected chi connectivity index (χ1v) is 44.0. The molecule has 7 aliphatic heterocycles. The summed E-state index contributed by atoms with van der Waals surface area (Å²) in [6, 6.07) is 5.28. The van der Waals surface area contributed by atoms with Gasteiger partial charge in [-0.1, -0.05) is 43.6 Å². The number of halogens is 1. The van der Waals surface area contributed by atoms with Crippen molar-refractivity contribution in [3.63, 3.8) is 0 Å². The molecule has 0 radical (unpaired) electrons. The van der Waals surface area contributed by atoms with Crippen LogP contribution in [-0.2, 0) is 52.6 Å². The predicted molar refractivity (Wildman–Crippen MR) is 467 cm³/mol. The molecule has 39 heteroatoms. The minimum absolute atomic E-state index is 0.0493. The van der Waals surface area contributed by atoms with E-state index < -0.39 is 204 Å². The third-order valence-electron chi connectivity index (χ3n) is 25.4. The zero-order chi connectivity index (χ0) is 93.2. The monoisotopic (exact) mass is 1820 g/mol. The topological polar surface area (TPSA) is 560 Å². The summed E-state index contributed by atoms with van der Waals surface area (Å²) >= 11 is 7.35. The van der Waals surface area contributed by atoms with Crippen molar-refractivity contribution in [3.05, 3.63) is 141 Å². The van der Waals surface area contributed by atoms with E-state index in [1.165, 1.54) is 107 Å². The van der Waals surface area contributed by atoms with Gasteiger partial charge in [-0.05, 0) is 222 Å². The van der Waals surface area contributed by atoms with Crippen molar-refractivity contribution >= 4 is 70.6 Å². The van der Waals surface area contributed by atoms with E-state index in [9.17, 15) is 55.2 Å². The molecule has 6 aromatic rings. The van der Waals surface area contributed by atoms with Crippen LogP contribution in [0, 0.1) is 43.4 Å². The number of rotatable bonds is 23. The molecule has 18 atom stereocenters. The van der Waals surface area contributed by atoms with E-state index in [1.54, 1.807) is 27.1 Å². The highest BCUT2D eigenvalue weighted by molar-refractivity contribution is 6.32. The quantitative estimate of drug-likeness (QED) is 0.0409. The molecule has 4 saturated carbocycles. The predicted octanol–water partition coefficient (Wildman–Crippen LogP) is 3.28. The number of phenolic OH excluding ortho intramolecular Hbond substituents is 2. The highest BCUT2D eigenvalue weighted by Gasteiger charge is 2.53. The lowest BCUT2D eigenvalue weighted by Crippen LogP contribution is -2.64. The first-order chi connectivity index (χ1) is 62.0. The Morgan fingerprint density at radius 2 is 1.28 bits per heavy atom. The van der Waals surface area contributed by atoms with Gasteiger partial charge < -0.3 is 143 Å². The second-order valence-corrected chi connectivity index (χ2v) is 36.0. The molecule has 15 bridgehead atoms. The summed E-state index contributed by atoms with van der Waals surface area (Å²) in [5.74, 6) is -11.0. The molecule has 130 heavy (non-hydrogen) atoms. The number of aryl methyl sites for hydroxylation is 2. The first kappa shape index (κ1) is 95.0. The zero-order valence-corrected chi connectivity index (χ0v) is 73.9. The lowest BCUT2D eigenvalue weighted by molar-refractivity contribution is -0.333. The second-order valence-electron chi connectivity index (χ2n) is 35.6. The first-order valence-electron chi connectivity index (χ1n) is 43.6. The van der Waals surface area contributed by atoms with E-state index in [0.29, 0.717) is 24.9 Å². The second kappa shape index (κ2) is 40.3.